The van der Waals surface area contributed by atoms with Crippen molar-refractivity contribution < 1.29 is 14.3 Å². The SMILES string of the molecule is CN(C)CCCN1CCN(CC(=O)NCc2ccc3c(c2)OCO3)CC1. The van der Waals surface area contributed by atoms with Gasteiger partial charge in [0.15, 0.2) is 11.5 Å². The van der Waals surface area contributed by atoms with Gasteiger partial charge in [0.1, 0.15) is 0 Å². The van der Waals surface area contributed by atoms with Crippen LogP contribution in [0.1, 0.15) is 12.0 Å². The van der Waals surface area contributed by atoms with Crippen LogP contribution in [0.2, 0.25) is 0 Å². The number of rotatable bonds is 8. The molecule has 144 valence electrons. The summed E-state index contributed by atoms with van der Waals surface area (Å²) in [5.74, 6) is 1.59. The first-order valence-electron chi connectivity index (χ1n) is 9.35. The molecular formula is C19H30N4O3. The van der Waals surface area contributed by atoms with Crippen molar-refractivity contribution in [3.05, 3.63) is 23.8 Å². The van der Waals surface area contributed by atoms with E-state index >= 15 is 0 Å². The van der Waals surface area contributed by atoms with Crippen LogP contribution >= 0.6 is 0 Å². The summed E-state index contributed by atoms with van der Waals surface area (Å²) in [5.41, 5.74) is 1.02. The molecule has 2 aliphatic rings. The minimum Gasteiger partial charge on any atom is -0.454 e. The van der Waals surface area contributed by atoms with E-state index in [2.05, 4.69) is 34.1 Å². The highest BCUT2D eigenvalue weighted by molar-refractivity contribution is 5.78. The van der Waals surface area contributed by atoms with E-state index in [1.807, 2.05) is 18.2 Å². The van der Waals surface area contributed by atoms with Crippen LogP contribution in [0.5, 0.6) is 11.5 Å². The van der Waals surface area contributed by atoms with Gasteiger partial charge in [-0.3, -0.25) is 9.69 Å². The number of ether oxygens (including phenoxy) is 2. The Morgan fingerprint density at radius 3 is 2.62 bits per heavy atom. The Morgan fingerprint density at radius 1 is 1.12 bits per heavy atom. The molecule has 0 bridgehead atoms. The lowest BCUT2D eigenvalue weighted by atomic mass is 10.2. The minimum absolute atomic E-state index is 0.0729. The number of carbonyl (C=O) groups is 1. The molecule has 0 spiro atoms. The van der Waals surface area contributed by atoms with Crippen molar-refractivity contribution >= 4 is 5.91 Å². The van der Waals surface area contributed by atoms with Crippen LogP contribution in [0.4, 0.5) is 0 Å². The Morgan fingerprint density at radius 2 is 1.85 bits per heavy atom. The molecule has 0 saturated carbocycles. The van der Waals surface area contributed by atoms with Gasteiger partial charge >= 0.3 is 0 Å². The van der Waals surface area contributed by atoms with E-state index in [0.29, 0.717) is 13.1 Å². The zero-order valence-corrected chi connectivity index (χ0v) is 15.9. The van der Waals surface area contributed by atoms with E-state index in [1.165, 1.54) is 6.42 Å². The number of hydrogen-bond acceptors (Lipinski definition) is 6. The molecule has 26 heavy (non-hydrogen) atoms. The molecule has 0 aliphatic carbocycles. The topological polar surface area (TPSA) is 57.3 Å². The van der Waals surface area contributed by atoms with Gasteiger partial charge < -0.3 is 24.6 Å². The summed E-state index contributed by atoms with van der Waals surface area (Å²) in [5, 5.41) is 3.00. The fourth-order valence-corrected chi connectivity index (χ4v) is 3.29. The van der Waals surface area contributed by atoms with E-state index in [0.717, 1.165) is 56.3 Å². The molecule has 2 aliphatic heterocycles. The molecule has 0 radical (unpaired) electrons. The number of piperazine rings is 1. The van der Waals surface area contributed by atoms with Crippen molar-refractivity contribution in [1.82, 2.24) is 20.0 Å². The van der Waals surface area contributed by atoms with Gasteiger partial charge in [0.25, 0.3) is 0 Å². The first kappa shape index (κ1) is 18.9. The maximum absolute atomic E-state index is 12.2. The Bertz CT molecular complexity index is 600. The summed E-state index contributed by atoms with van der Waals surface area (Å²) >= 11 is 0. The largest absolute Gasteiger partial charge is 0.454 e. The standard InChI is InChI=1S/C19H30N4O3/c1-21(2)6-3-7-22-8-10-23(11-9-22)14-19(24)20-13-16-4-5-17-18(12-16)26-15-25-17/h4-5,12H,3,6-11,13-15H2,1-2H3,(H,20,24). The Balaban J connectivity index is 1.33. The van der Waals surface area contributed by atoms with Crippen LogP contribution < -0.4 is 14.8 Å². The highest BCUT2D eigenvalue weighted by Gasteiger charge is 2.19. The first-order chi connectivity index (χ1) is 12.6. The summed E-state index contributed by atoms with van der Waals surface area (Å²) in [6, 6.07) is 5.77. The van der Waals surface area contributed by atoms with Crippen LogP contribution in [-0.2, 0) is 11.3 Å². The third-order valence-electron chi connectivity index (χ3n) is 4.84. The molecule has 1 fully saturated rings. The molecule has 1 saturated heterocycles. The lowest BCUT2D eigenvalue weighted by molar-refractivity contribution is -0.122. The highest BCUT2D eigenvalue weighted by atomic mass is 16.7. The first-order valence-corrected chi connectivity index (χ1v) is 9.35. The van der Waals surface area contributed by atoms with Crippen molar-refractivity contribution in [2.45, 2.75) is 13.0 Å². The molecule has 1 aromatic rings. The van der Waals surface area contributed by atoms with Crippen LogP contribution in [0, 0.1) is 0 Å². The van der Waals surface area contributed by atoms with Gasteiger partial charge in [0.2, 0.25) is 12.7 Å². The van der Waals surface area contributed by atoms with Crippen LogP contribution in [0.15, 0.2) is 18.2 Å². The van der Waals surface area contributed by atoms with Gasteiger partial charge in [-0.25, -0.2) is 0 Å². The van der Waals surface area contributed by atoms with Crippen molar-refractivity contribution in [3.63, 3.8) is 0 Å². The second-order valence-corrected chi connectivity index (χ2v) is 7.24. The van der Waals surface area contributed by atoms with E-state index in [9.17, 15) is 4.79 Å². The van der Waals surface area contributed by atoms with Crippen molar-refractivity contribution in [2.75, 3.05) is 66.7 Å². The minimum atomic E-state index is 0.0729. The van der Waals surface area contributed by atoms with Crippen LogP contribution in [0.3, 0.4) is 0 Å². The number of nitrogens with one attached hydrogen (secondary N) is 1. The van der Waals surface area contributed by atoms with E-state index in [-0.39, 0.29) is 12.7 Å². The number of benzene rings is 1. The molecule has 7 nitrogen and oxygen atoms in total. The Hall–Kier alpha value is -1.83. The second-order valence-electron chi connectivity index (χ2n) is 7.24. The zero-order valence-electron chi connectivity index (χ0n) is 15.9. The molecule has 7 heteroatoms. The molecule has 0 aromatic heterocycles. The number of hydrogen-bond donors (Lipinski definition) is 1. The quantitative estimate of drug-likeness (QED) is 0.731. The van der Waals surface area contributed by atoms with E-state index in [1.54, 1.807) is 0 Å². The van der Waals surface area contributed by atoms with E-state index in [4.69, 9.17) is 9.47 Å². The van der Waals surface area contributed by atoms with Gasteiger partial charge in [-0.2, -0.15) is 0 Å². The molecule has 1 aromatic carbocycles. The van der Waals surface area contributed by atoms with Gasteiger partial charge in [-0.05, 0) is 51.3 Å². The molecule has 0 atom stereocenters. The molecule has 0 unspecified atom stereocenters. The summed E-state index contributed by atoms with van der Waals surface area (Å²) in [7, 11) is 4.22. The average Bonchev–Trinajstić information content (AvgIpc) is 3.09. The summed E-state index contributed by atoms with van der Waals surface area (Å²) in [6.45, 7) is 7.53. The number of nitrogens with zero attached hydrogens (tertiary/aromatic N) is 3. The predicted octanol–water partition coefficient (Wildman–Crippen LogP) is 0.601. The average molecular weight is 362 g/mol. The number of fused-ring (bicyclic) bond motifs is 1. The summed E-state index contributed by atoms with van der Waals surface area (Å²) in [6.07, 6.45) is 1.20. The fraction of sp³-hybridized carbons (Fsp3) is 0.632. The predicted molar refractivity (Wildman–Crippen MR) is 100 cm³/mol. The third kappa shape index (κ3) is 5.59. The second kappa shape index (κ2) is 9.21. The van der Waals surface area contributed by atoms with E-state index < -0.39 is 0 Å². The molecule has 1 amide bonds. The maximum Gasteiger partial charge on any atom is 0.234 e. The van der Waals surface area contributed by atoms with Crippen LogP contribution in [0.25, 0.3) is 0 Å². The smallest absolute Gasteiger partial charge is 0.234 e. The van der Waals surface area contributed by atoms with Gasteiger partial charge in [-0.1, -0.05) is 6.07 Å². The summed E-state index contributed by atoms with van der Waals surface area (Å²) in [4.78, 5) is 19.2. The maximum atomic E-state index is 12.2. The monoisotopic (exact) mass is 362 g/mol. The van der Waals surface area contributed by atoms with Crippen LogP contribution in [-0.4, -0.2) is 87.3 Å². The Labute approximate surface area is 155 Å². The molecular weight excluding hydrogens is 332 g/mol. The zero-order chi connectivity index (χ0) is 18.4. The van der Waals surface area contributed by atoms with Crippen molar-refractivity contribution in [1.29, 1.82) is 0 Å². The highest BCUT2D eigenvalue weighted by Crippen LogP contribution is 2.32. The number of carbonyl (C=O) groups excluding carboxylic acids is 1. The molecule has 2 heterocycles. The lowest BCUT2D eigenvalue weighted by Gasteiger charge is -2.34. The third-order valence-corrected chi connectivity index (χ3v) is 4.84. The Kier molecular flexibility index (Phi) is 6.71. The summed E-state index contributed by atoms with van der Waals surface area (Å²) < 4.78 is 10.7. The lowest BCUT2D eigenvalue weighted by Crippen LogP contribution is -2.49. The molecule has 1 N–H and O–H groups in total. The fourth-order valence-electron chi connectivity index (χ4n) is 3.29. The molecule has 3 rings (SSSR count). The van der Waals surface area contributed by atoms with Gasteiger partial charge in [0, 0.05) is 32.7 Å². The van der Waals surface area contributed by atoms with Gasteiger partial charge in [0.05, 0.1) is 6.54 Å². The van der Waals surface area contributed by atoms with Gasteiger partial charge in [-0.15, -0.1) is 0 Å². The van der Waals surface area contributed by atoms with Crippen molar-refractivity contribution in [3.8, 4) is 11.5 Å². The number of amides is 1. The normalized spacial score (nSPS) is 17.7. The van der Waals surface area contributed by atoms with Crippen molar-refractivity contribution in [2.24, 2.45) is 0 Å².